The smallest absolute Gasteiger partial charge is 0.315 e. The molecule has 5 heteroatoms. The lowest BCUT2D eigenvalue weighted by molar-refractivity contribution is 0.235. The third kappa shape index (κ3) is 4.34. The van der Waals surface area contributed by atoms with E-state index in [1.807, 2.05) is 38.1 Å². The minimum Gasteiger partial charge on any atom is -0.332 e. The second kappa shape index (κ2) is 7.80. The first-order valence-electron chi connectivity index (χ1n) is 7.60. The third-order valence-corrected chi connectivity index (χ3v) is 3.77. The number of nitrogens with zero attached hydrogens (tertiary/aromatic N) is 2. The molecule has 2 amide bonds. The van der Waals surface area contributed by atoms with Crippen LogP contribution in [0.2, 0.25) is 0 Å². The first-order chi connectivity index (χ1) is 11.5. The molecule has 0 fully saturated rings. The maximum Gasteiger partial charge on any atom is 0.315 e. The van der Waals surface area contributed by atoms with Crippen LogP contribution in [0, 0.1) is 22.7 Å². The Bertz CT molecular complexity index is 715. The van der Waals surface area contributed by atoms with Gasteiger partial charge >= 0.3 is 6.03 Å². The molecular formula is C19H18N4O. The minimum atomic E-state index is -0.274. The average molecular weight is 318 g/mol. The first kappa shape index (κ1) is 17.1. The molecule has 0 aromatic heterocycles. The molecule has 120 valence electrons. The second-order valence-corrected chi connectivity index (χ2v) is 5.53. The second-order valence-electron chi connectivity index (χ2n) is 5.53. The summed E-state index contributed by atoms with van der Waals surface area (Å²) in [6, 6.07) is 17.7. The summed E-state index contributed by atoms with van der Waals surface area (Å²) in [4.78, 5) is 12.1. The van der Waals surface area contributed by atoms with Crippen LogP contribution >= 0.6 is 0 Å². The summed E-state index contributed by atoms with van der Waals surface area (Å²) >= 11 is 0. The number of carbonyl (C=O) groups is 1. The standard InChI is InChI=1S/C19H18N4O/c1-13(17-7-3-15(11-20)4-8-17)22-19(24)23-14(2)18-9-5-16(12-21)6-10-18/h3-10,13-14H,1-2H3,(H2,22,23,24)/t13-,14-/m0/s1. The molecule has 2 aromatic carbocycles. The van der Waals surface area contributed by atoms with Crippen LogP contribution in [0.25, 0.3) is 0 Å². The van der Waals surface area contributed by atoms with Crippen molar-refractivity contribution in [2.45, 2.75) is 25.9 Å². The molecule has 2 rings (SSSR count). The molecule has 5 nitrogen and oxygen atoms in total. The molecule has 0 radical (unpaired) electrons. The molecule has 0 aliphatic rings. The number of carbonyl (C=O) groups excluding carboxylic acids is 1. The van der Waals surface area contributed by atoms with E-state index in [1.165, 1.54) is 0 Å². The summed E-state index contributed by atoms with van der Waals surface area (Å²) in [5.74, 6) is 0. The monoisotopic (exact) mass is 318 g/mol. The van der Waals surface area contributed by atoms with E-state index in [2.05, 4.69) is 22.8 Å². The lowest BCUT2D eigenvalue weighted by atomic mass is 10.1. The van der Waals surface area contributed by atoms with Crippen LogP contribution in [0.15, 0.2) is 48.5 Å². The molecule has 0 saturated carbocycles. The zero-order valence-electron chi connectivity index (χ0n) is 13.6. The maximum absolute atomic E-state index is 12.1. The van der Waals surface area contributed by atoms with Crippen molar-refractivity contribution in [3.8, 4) is 12.1 Å². The molecule has 0 saturated heterocycles. The maximum atomic E-state index is 12.1. The van der Waals surface area contributed by atoms with Gasteiger partial charge < -0.3 is 10.6 Å². The number of nitrogens with one attached hydrogen (secondary N) is 2. The van der Waals surface area contributed by atoms with Crippen LogP contribution in [-0.4, -0.2) is 6.03 Å². The minimum absolute atomic E-state index is 0.175. The average Bonchev–Trinajstić information content (AvgIpc) is 2.61. The Morgan fingerprint density at radius 1 is 0.792 bits per heavy atom. The van der Waals surface area contributed by atoms with E-state index in [9.17, 15) is 4.79 Å². The Kier molecular flexibility index (Phi) is 5.54. The van der Waals surface area contributed by atoms with Gasteiger partial charge in [-0.3, -0.25) is 0 Å². The van der Waals surface area contributed by atoms with E-state index in [1.54, 1.807) is 24.3 Å². The predicted octanol–water partition coefficient (Wildman–Crippen LogP) is 3.55. The van der Waals surface area contributed by atoms with E-state index in [0.717, 1.165) is 11.1 Å². The Balaban J connectivity index is 1.93. The molecular weight excluding hydrogens is 300 g/mol. The van der Waals surface area contributed by atoms with E-state index < -0.39 is 0 Å². The summed E-state index contributed by atoms with van der Waals surface area (Å²) in [5, 5.41) is 23.4. The quantitative estimate of drug-likeness (QED) is 0.903. The molecule has 2 N–H and O–H groups in total. The van der Waals surface area contributed by atoms with Gasteiger partial charge in [0.25, 0.3) is 0 Å². The van der Waals surface area contributed by atoms with Gasteiger partial charge in [-0.25, -0.2) is 4.79 Å². The number of benzene rings is 2. The fourth-order valence-electron chi connectivity index (χ4n) is 2.29. The van der Waals surface area contributed by atoms with E-state index in [-0.39, 0.29) is 18.1 Å². The molecule has 0 bridgehead atoms. The Morgan fingerprint density at radius 3 is 1.42 bits per heavy atom. The van der Waals surface area contributed by atoms with Crippen molar-refractivity contribution in [2.75, 3.05) is 0 Å². The SMILES string of the molecule is C[C@H](NC(=O)N[C@@H](C)c1ccc(C#N)cc1)c1ccc(C#N)cc1. The molecule has 0 heterocycles. The van der Waals surface area contributed by atoms with Crippen molar-refractivity contribution in [1.29, 1.82) is 10.5 Å². The van der Waals surface area contributed by atoms with Gasteiger partial charge in [0, 0.05) is 0 Å². The van der Waals surface area contributed by atoms with Gasteiger partial charge in [-0.1, -0.05) is 24.3 Å². The van der Waals surface area contributed by atoms with Gasteiger partial charge in [0.2, 0.25) is 0 Å². The number of nitriles is 2. The Hall–Kier alpha value is -3.31. The Morgan fingerprint density at radius 2 is 1.12 bits per heavy atom. The Labute approximate surface area is 141 Å². The van der Waals surface area contributed by atoms with Crippen molar-refractivity contribution in [3.63, 3.8) is 0 Å². The molecule has 0 aliphatic heterocycles. The zero-order chi connectivity index (χ0) is 17.5. The van der Waals surface area contributed by atoms with E-state index in [0.29, 0.717) is 11.1 Å². The van der Waals surface area contributed by atoms with Crippen molar-refractivity contribution in [2.24, 2.45) is 0 Å². The van der Waals surface area contributed by atoms with Crippen molar-refractivity contribution >= 4 is 6.03 Å². The van der Waals surface area contributed by atoms with Gasteiger partial charge in [-0.15, -0.1) is 0 Å². The molecule has 0 unspecified atom stereocenters. The summed E-state index contributed by atoms with van der Waals surface area (Å²) < 4.78 is 0. The zero-order valence-corrected chi connectivity index (χ0v) is 13.6. The lowest BCUT2D eigenvalue weighted by Gasteiger charge is -2.19. The highest BCUT2D eigenvalue weighted by molar-refractivity contribution is 5.75. The summed E-state index contributed by atoms with van der Waals surface area (Å²) in [7, 11) is 0. The fraction of sp³-hybridized carbons (Fsp3) is 0.211. The molecule has 0 spiro atoms. The fourth-order valence-corrected chi connectivity index (χ4v) is 2.29. The number of rotatable bonds is 4. The van der Waals surface area contributed by atoms with Crippen molar-refractivity contribution in [3.05, 3.63) is 70.8 Å². The lowest BCUT2D eigenvalue weighted by Crippen LogP contribution is -2.38. The van der Waals surface area contributed by atoms with Gasteiger partial charge in [-0.05, 0) is 49.2 Å². The van der Waals surface area contributed by atoms with Gasteiger partial charge in [-0.2, -0.15) is 10.5 Å². The van der Waals surface area contributed by atoms with Crippen LogP contribution in [0.5, 0.6) is 0 Å². The van der Waals surface area contributed by atoms with Crippen LogP contribution < -0.4 is 10.6 Å². The number of hydrogen-bond donors (Lipinski definition) is 2. The molecule has 0 aliphatic carbocycles. The number of hydrogen-bond acceptors (Lipinski definition) is 3. The number of amides is 2. The number of urea groups is 1. The van der Waals surface area contributed by atoms with Crippen molar-refractivity contribution < 1.29 is 4.79 Å². The van der Waals surface area contributed by atoms with E-state index >= 15 is 0 Å². The van der Waals surface area contributed by atoms with E-state index in [4.69, 9.17) is 10.5 Å². The van der Waals surface area contributed by atoms with Crippen LogP contribution in [0.3, 0.4) is 0 Å². The highest BCUT2D eigenvalue weighted by Crippen LogP contribution is 2.15. The van der Waals surface area contributed by atoms with Crippen molar-refractivity contribution in [1.82, 2.24) is 10.6 Å². The third-order valence-electron chi connectivity index (χ3n) is 3.77. The normalized spacial score (nSPS) is 12.3. The van der Waals surface area contributed by atoms with Crippen LogP contribution in [0.1, 0.15) is 48.2 Å². The summed E-state index contributed by atoms with van der Waals surface area (Å²) in [6.07, 6.45) is 0. The molecule has 2 atom stereocenters. The van der Waals surface area contributed by atoms with Gasteiger partial charge in [0.05, 0.1) is 35.3 Å². The predicted molar refractivity (Wildman–Crippen MR) is 90.8 cm³/mol. The van der Waals surface area contributed by atoms with Crippen LogP contribution in [0.4, 0.5) is 4.79 Å². The van der Waals surface area contributed by atoms with Crippen LogP contribution in [-0.2, 0) is 0 Å². The summed E-state index contributed by atoms with van der Waals surface area (Å²) in [5.41, 5.74) is 3.03. The largest absolute Gasteiger partial charge is 0.332 e. The summed E-state index contributed by atoms with van der Waals surface area (Å²) in [6.45, 7) is 3.76. The van der Waals surface area contributed by atoms with Gasteiger partial charge in [0.1, 0.15) is 0 Å². The molecule has 2 aromatic rings. The highest BCUT2D eigenvalue weighted by atomic mass is 16.2. The highest BCUT2D eigenvalue weighted by Gasteiger charge is 2.13. The molecule has 24 heavy (non-hydrogen) atoms. The van der Waals surface area contributed by atoms with Gasteiger partial charge in [0.15, 0.2) is 0 Å². The topological polar surface area (TPSA) is 88.7 Å². The first-order valence-corrected chi connectivity index (χ1v) is 7.60.